The van der Waals surface area contributed by atoms with Crippen molar-refractivity contribution in [1.82, 2.24) is 10.2 Å². The third-order valence-electron chi connectivity index (χ3n) is 4.78. The largest absolute Gasteiger partial charge is 0.493 e. The summed E-state index contributed by atoms with van der Waals surface area (Å²) in [4.78, 5) is 38.5. The molecular formula is C22H19FN2O6S. The number of thioether (sulfide) groups is 1. The van der Waals surface area contributed by atoms with Crippen LogP contribution in [0.15, 0.2) is 41.3 Å². The van der Waals surface area contributed by atoms with Gasteiger partial charge in [-0.3, -0.25) is 19.3 Å². The van der Waals surface area contributed by atoms with Gasteiger partial charge < -0.3 is 19.5 Å². The Labute approximate surface area is 187 Å². The fraction of sp³-hybridized carbons (Fsp3) is 0.227. The summed E-state index contributed by atoms with van der Waals surface area (Å²) in [6.45, 7) is 0.770. The number of halogens is 1. The molecule has 1 fully saturated rings. The van der Waals surface area contributed by atoms with Crippen LogP contribution in [0, 0.1) is 5.82 Å². The van der Waals surface area contributed by atoms with Crippen molar-refractivity contribution in [2.45, 2.75) is 0 Å². The summed E-state index contributed by atoms with van der Waals surface area (Å²) in [5.74, 6) is -0.217. The van der Waals surface area contributed by atoms with Gasteiger partial charge in [0.2, 0.25) is 5.75 Å². The van der Waals surface area contributed by atoms with E-state index in [1.54, 1.807) is 18.2 Å². The van der Waals surface area contributed by atoms with Gasteiger partial charge in [-0.05, 0) is 36.0 Å². The molecule has 8 nitrogen and oxygen atoms in total. The van der Waals surface area contributed by atoms with E-state index in [1.165, 1.54) is 31.4 Å². The van der Waals surface area contributed by atoms with E-state index in [0.717, 1.165) is 16.7 Å². The van der Waals surface area contributed by atoms with Crippen molar-refractivity contribution in [3.8, 4) is 17.2 Å². The van der Waals surface area contributed by atoms with E-state index in [-0.39, 0.29) is 23.6 Å². The number of nitrogens with one attached hydrogen (secondary N) is 1. The molecule has 2 heterocycles. The summed E-state index contributed by atoms with van der Waals surface area (Å²) in [6.07, 6.45) is 1.35. The van der Waals surface area contributed by atoms with E-state index in [0.29, 0.717) is 36.0 Å². The van der Waals surface area contributed by atoms with Crippen LogP contribution in [0.3, 0.4) is 0 Å². The Kier molecular flexibility index (Phi) is 6.31. The van der Waals surface area contributed by atoms with Crippen LogP contribution in [0.1, 0.15) is 15.9 Å². The minimum Gasteiger partial charge on any atom is -0.493 e. The number of ether oxygens (including phenoxy) is 3. The second-order valence-corrected chi connectivity index (χ2v) is 7.81. The highest BCUT2D eigenvalue weighted by Crippen LogP contribution is 2.40. The Morgan fingerprint density at radius 2 is 2.03 bits per heavy atom. The number of fused-ring (bicyclic) bond motifs is 1. The quantitative estimate of drug-likeness (QED) is 0.665. The molecule has 32 heavy (non-hydrogen) atoms. The number of amides is 3. The van der Waals surface area contributed by atoms with Gasteiger partial charge in [0.05, 0.1) is 12.0 Å². The first-order valence-electron chi connectivity index (χ1n) is 9.73. The van der Waals surface area contributed by atoms with Crippen molar-refractivity contribution in [2.24, 2.45) is 0 Å². The van der Waals surface area contributed by atoms with Gasteiger partial charge in [-0.15, -0.1) is 0 Å². The standard InChI is InChI=1S/C22H19FN2O6S/c1-29-16-10-14(11-17-19(16)31-9-8-30-17)20(26)24-6-7-25-21(27)18(32-22(25)28)12-13-4-2-3-5-15(13)23/h2-5,10-12H,6-9H2,1H3,(H,24,26)/b18-12-. The number of imide groups is 1. The molecular weight excluding hydrogens is 439 g/mol. The van der Waals surface area contributed by atoms with E-state index < -0.39 is 22.9 Å². The molecule has 4 rings (SSSR count). The number of benzene rings is 2. The molecule has 1 N–H and O–H groups in total. The molecule has 2 aromatic rings. The zero-order valence-corrected chi connectivity index (χ0v) is 17.9. The minimum absolute atomic E-state index is 0.0211. The zero-order chi connectivity index (χ0) is 22.7. The lowest BCUT2D eigenvalue weighted by Gasteiger charge is -2.21. The van der Waals surface area contributed by atoms with E-state index in [1.807, 2.05) is 0 Å². The van der Waals surface area contributed by atoms with Crippen LogP contribution in [-0.4, -0.2) is 55.4 Å². The maximum absolute atomic E-state index is 13.8. The first-order chi connectivity index (χ1) is 15.5. The van der Waals surface area contributed by atoms with Crippen LogP contribution in [0.4, 0.5) is 9.18 Å². The van der Waals surface area contributed by atoms with Gasteiger partial charge >= 0.3 is 0 Å². The fourth-order valence-corrected chi connectivity index (χ4v) is 4.07. The lowest BCUT2D eigenvalue weighted by Crippen LogP contribution is -2.37. The van der Waals surface area contributed by atoms with Crippen LogP contribution in [0.25, 0.3) is 6.08 Å². The van der Waals surface area contributed by atoms with Crippen LogP contribution in [-0.2, 0) is 4.79 Å². The third-order valence-corrected chi connectivity index (χ3v) is 5.68. The molecule has 0 spiro atoms. The van der Waals surface area contributed by atoms with Gasteiger partial charge in [-0.1, -0.05) is 18.2 Å². The highest BCUT2D eigenvalue weighted by Gasteiger charge is 2.35. The van der Waals surface area contributed by atoms with Crippen molar-refractivity contribution in [3.63, 3.8) is 0 Å². The van der Waals surface area contributed by atoms with Crippen LogP contribution >= 0.6 is 11.8 Å². The lowest BCUT2D eigenvalue weighted by atomic mass is 10.1. The van der Waals surface area contributed by atoms with Crippen LogP contribution < -0.4 is 19.5 Å². The summed E-state index contributed by atoms with van der Waals surface area (Å²) < 4.78 is 30.1. The van der Waals surface area contributed by atoms with Gasteiger partial charge in [0.15, 0.2) is 11.5 Å². The number of rotatable bonds is 6. The first-order valence-corrected chi connectivity index (χ1v) is 10.6. The molecule has 10 heteroatoms. The summed E-state index contributed by atoms with van der Waals surface area (Å²) in [7, 11) is 1.46. The molecule has 0 atom stereocenters. The van der Waals surface area contributed by atoms with E-state index in [2.05, 4.69) is 5.32 Å². The van der Waals surface area contributed by atoms with E-state index >= 15 is 0 Å². The molecule has 0 radical (unpaired) electrons. The average molecular weight is 458 g/mol. The second-order valence-electron chi connectivity index (χ2n) is 6.81. The Hall–Kier alpha value is -3.53. The Bertz CT molecular complexity index is 1100. The number of hydrogen-bond acceptors (Lipinski definition) is 7. The average Bonchev–Trinajstić information content (AvgIpc) is 3.07. The Morgan fingerprint density at radius 1 is 1.25 bits per heavy atom. The van der Waals surface area contributed by atoms with Crippen molar-refractivity contribution < 1.29 is 33.0 Å². The molecule has 0 bridgehead atoms. The molecule has 2 aromatic carbocycles. The monoisotopic (exact) mass is 458 g/mol. The maximum Gasteiger partial charge on any atom is 0.293 e. The topological polar surface area (TPSA) is 94.2 Å². The van der Waals surface area contributed by atoms with Crippen molar-refractivity contribution in [2.75, 3.05) is 33.4 Å². The van der Waals surface area contributed by atoms with Crippen molar-refractivity contribution >= 4 is 34.9 Å². The fourth-order valence-electron chi connectivity index (χ4n) is 3.21. The predicted octanol–water partition coefficient (Wildman–Crippen LogP) is 3.07. The molecule has 0 aromatic heterocycles. The molecule has 1 saturated heterocycles. The highest BCUT2D eigenvalue weighted by atomic mass is 32.2. The van der Waals surface area contributed by atoms with Crippen molar-refractivity contribution in [3.05, 3.63) is 58.2 Å². The molecule has 3 amide bonds. The minimum atomic E-state index is -0.529. The summed E-state index contributed by atoms with van der Waals surface area (Å²) in [6, 6.07) is 9.05. The molecule has 2 aliphatic heterocycles. The molecule has 0 aliphatic carbocycles. The molecule has 2 aliphatic rings. The molecule has 166 valence electrons. The Balaban J connectivity index is 1.39. The van der Waals surface area contributed by atoms with Crippen LogP contribution in [0.2, 0.25) is 0 Å². The number of carbonyl (C=O) groups excluding carboxylic acids is 3. The highest BCUT2D eigenvalue weighted by molar-refractivity contribution is 8.18. The van der Waals surface area contributed by atoms with Crippen molar-refractivity contribution in [1.29, 1.82) is 0 Å². The molecule has 0 saturated carbocycles. The summed E-state index contributed by atoms with van der Waals surface area (Å²) in [5.41, 5.74) is 0.513. The third kappa shape index (κ3) is 4.40. The van der Waals surface area contributed by atoms with Gasteiger partial charge in [-0.25, -0.2) is 4.39 Å². The summed E-state index contributed by atoms with van der Waals surface area (Å²) >= 11 is 0.733. The maximum atomic E-state index is 13.8. The number of hydrogen-bond donors (Lipinski definition) is 1. The first kappa shape index (κ1) is 21.7. The van der Waals surface area contributed by atoms with Gasteiger partial charge in [0.1, 0.15) is 19.0 Å². The second kappa shape index (κ2) is 9.31. The SMILES string of the molecule is COc1cc(C(=O)NCCN2C(=O)S/C(=C\c3ccccc3F)C2=O)cc2c1OCCO2. The molecule has 0 unspecified atom stereocenters. The normalized spacial score (nSPS) is 16.4. The van der Waals surface area contributed by atoms with Gasteiger partial charge in [-0.2, -0.15) is 0 Å². The summed E-state index contributed by atoms with van der Waals surface area (Å²) in [5, 5.41) is 2.19. The van der Waals surface area contributed by atoms with E-state index in [4.69, 9.17) is 14.2 Å². The number of carbonyl (C=O) groups is 3. The predicted molar refractivity (Wildman–Crippen MR) is 115 cm³/mol. The zero-order valence-electron chi connectivity index (χ0n) is 17.1. The smallest absolute Gasteiger partial charge is 0.293 e. The van der Waals surface area contributed by atoms with Gasteiger partial charge in [0, 0.05) is 24.2 Å². The van der Waals surface area contributed by atoms with Gasteiger partial charge in [0.25, 0.3) is 17.1 Å². The number of methoxy groups -OCH3 is 1. The lowest BCUT2D eigenvalue weighted by molar-refractivity contribution is -0.122. The Morgan fingerprint density at radius 3 is 2.81 bits per heavy atom. The van der Waals surface area contributed by atoms with Crippen LogP contribution in [0.5, 0.6) is 17.2 Å². The number of nitrogens with zero attached hydrogens (tertiary/aromatic N) is 1. The van der Waals surface area contributed by atoms with E-state index in [9.17, 15) is 18.8 Å².